The lowest BCUT2D eigenvalue weighted by molar-refractivity contribution is -0.131. The molecule has 106 valence electrons. The van der Waals surface area contributed by atoms with Gasteiger partial charge in [0.25, 0.3) is 0 Å². The molecule has 0 aromatic heterocycles. The molecular formula is C14H21FN2O2. The standard InChI is InChI=1S/C14H21FN2O2/c1-3-5-13(16)14(18)17(2)8-9-19-12-7-4-6-11(15)10-12/h4,6-7,10,13H,3,5,8-9,16H2,1-2H3/t13-/m0/s1. The molecule has 0 unspecified atom stereocenters. The molecule has 1 amide bonds. The average molecular weight is 268 g/mol. The summed E-state index contributed by atoms with van der Waals surface area (Å²) in [6.07, 6.45) is 1.55. The SMILES string of the molecule is CCC[C@H](N)C(=O)N(C)CCOc1cccc(F)c1. The topological polar surface area (TPSA) is 55.6 Å². The van der Waals surface area contributed by atoms with E-state index in [-0.39, 0.29) is 11.7 Å². The summed E-state index contributed by atoms with van der Waals surface area (Å²) in [5.74, 6) is 0.0234. The van der Waals surface area contributed by atoms with Crippen LogP contribution in [0.15, 0.2) is 24.3 Å². The monoisotopic (exact) mass is 268 g/mol. The van der Waals surface area contributed by atoms with E-state index in [4.69, 9.17) is 10.5 Å². The Bertz CT molecular complexity index is 412. The minimum atomic E-state index is -0.454. The Morgan fingerprint density at radius 1 is 1.53 bits per heavy atom. The number of carbonyl (C=O) groups excluding carboxylic acids is 1. The van der Waals surface area contributed by atoms with Crippen molar-refractivity contribution in [3.63, 3.8) is 0 Å². The van der Waals surface area contributed by atoms with Crippen molar-refractivity contribution in [2.24, 2.45) is 5.73 Å². The molecule has 1 rings (SSSR count). The van der Waals surface area contributed by atoms with Gasteiger partial charge in [-0.25, -0.2) is 4.39 Å². The van der Waals surface area contributed by atoms with Gasteiger partial charge in [-0.15, -0.1) is 0 Å². The Hall–Kier alpha value is -1.62. The molecule has 0 fully saturated rings. The number of hydrogen-bond acceptors (Lipinski definition) is 3. The third-order valence-electron chi connectivity index (χ3n) is 2.78. The van der Waals surface area contributed by atoms with E-state index in [0.717, 1.165) is 6.42 Å². The first kappa shape index (κ1) is 15.4. The van der Waals surface area contributed by atoms with Crippen LogP contribution in [0.2, 0.25) is 0 Å². The highest BCUT2D eigenvalue weighted by Gasteiger charge is 2.16. The number of ether oxygens (including phenoxy) is 1. The van der Waals surface area contributed by atoms with Gasteiger partial charge in [0.05, 0.1) is 12.6 Å². The summed E-state index contributed by atoms with van der Waals surface area (Å²) >= 11 is 0. The Balaban J connectivity index is 2.34. The van der Waals surface area contributed by atoms with Crippen LogP contribution in [0.3, 0.4) is 0 Å². The first-order chi connectivity index (χ1) is 9.04. The number of nitrogens with two attached hydrogens (primary N) is 1. The van der Waals surface area contributed by atoms with Crippen LogP contribution in [-0.4, -0.2) is 37.0 Å². The quantitative estimate of drug-likeness (QED) is 0.820. The minimum absolute atomic E-state index is 0.0929. The van der Waals surface area contributed by atoms with Crippen molar-refractivity contribution >= 4 is 5.91 Å². The van der Waals surface area contributed by atoms with Crippen molar-refractivity contribution in [3.8, 4) is 5.75 Å². The van der Waals surface area contributed by atoms with Crippen LogP contribution in [0.25, 0.3) is 0 Å². The van der Waals surface area contributed by atoms with Gasteiger partial charge in [-0.05, 0) is 18.6 Å². The second-order valence-electron chi connectivity index (χ2n) is 4.46. The lowest BCUT2D eigenvalue weighted by atomic mass is 10.1. The maximum atomic E-state index is 12.9. The molecule has 0 aliphatic carbocycles. The van der Waals surface area contributed by atoms with Crippen LogP contribution in [-0.2, 0) is 4.79 Å². The molecular weight excluding hydrogens is 247 g/mol. The maximum absolute atomic E-state index is 12.9. The fourth-order valence-electron chi connectivity index (χ4n) is 1.68. The molecule has 1 atom stereocenters. The van der Waals surface area contributed by atoms with E-state index in [2.05, 4.69) is 0 Å². The lowest BCUT2D eigenvalue weighted by Crippen LogP contribution is -2.43. The molecule has 0 aliphatic rings. The van der Waals surface area contributed by atoms with Gasteiger partial charge >= 0.3 is 0 Å². The maximum Gasteiger partial charge on any atom is 0.239 e. The number of benzene rings is 1. The predicted molar refractivity (Wildman–Crippen MR) is 72.4 cm³/mol. The highest BCUT2D eigenvalue weighted by molar-refractivity contribution is 5.81. The van der Waals surface area contributed by atoms with Crippen LogP contribution < -0.4 is 10.5 Å². The van der Waals surface area contributed by atoms with Gasteiger partial charge in [0.1, 0.15) is 18.2 Å². The van der Waals surface area contributed by atoms with Crippen molar-refractivity contribution in [1.29, 1.82) is 0 Å². The van der Waals surface area contributed by atoms with Crippen molar-refractivity contribution < 1.29 is 13.9 Å². The Morgan fingerprint density at radius 2 is 2.26 bits per heavy atom. The third kappa shape index (κ3) is 5.26. The van der Waals surface area contributed by atoms with E-state index in [9.17, 15) is 9.18 Å². The Labute approximate surface area is 113 Å². The molecule has 1 aromatic carbocycles. The molecule has 0 radical (unpaired) electrons. The predicted octanol–water partition coefficient (Wildman–Crippen LogP) is 1.79. The van der Waals surface area contributed by atoms with Gasteiger partial charge < -0.3 is 15.4 Å². The Kier molecular flexibility index (Phi) is 6.29. The number of likely N-dealkylation sites (N-methyl/N-ethyl adjacent to an activating group) is 1. The fourth-order valence-corrected chi connectivity index (χ4v) is 1.68. The van der Waals surface area contributed by atoms with Crippen molar-refractivity contribution in [3.05, 3.63) is 30.1 Å². The van der Waals surface area contributed by atoms with Crippen LogP contribution in [0, 0.1) is 5.82 Å². The fraction of sp³-hybridized carbons (Fsp3) is 0.500. The zero-order valence-corrected chi connectivity index (χ0v) is 11.4. The number of nitrogens with zero attached hydrogens (tertiary/aromatic N) is 1. The summed E-state index contributed by atoms with van der Waals surface area (Å²) in [4.78, 5) is 13.4. The summed E-state index contributed by atoms with van der Waals surface area (Å²) in [6, 6.07) is 5.46. The van der Waals surface area contributed by atoms with Crippen LogP contribution >= 0.6 is 0 Å². The second kappa shape index (κ2) is 7.74. The van der Waals surface area contributed by atoms with E-state index < -0.39 is 6.04 Å². The molecule has 2 N–H and O–H groups in total. The van der Waals surface area contributed by atoms with Gasteiger partial charge in [0.2, 0.25) is 5.91 Å². The summed E-state index contributed by atoms with van der Waals surface area (Å²) in [7, 11) is 1.69. The lowest BCUT2D eigenvalue weighted by Gasteiger charge is -2.21. The molecule has 0 saturated heterocycles. The van der Waals surface area contributed by atoms with E-state index in [1.807, 2.05) is 6.92 Å². The normalized spacial score (nSPS) is 12.0. The van der Waals surface area contributed by atoms with Crippen molar-refractivity contribution in [2.45, 2.75) is 25.8 Å². The van der Waals surface area contributed by atoms with Crippen LogP contribution in [0.4, 0.5) is 4.39 Å². The smallest absolute Gasteiger partial charge is 0.239 e. The average Bonchev–Trinajstić information content (AvgIpc) is 2.38. The molecule has 0 bridgehead atoms. The zero-order valence-electron chi connectivity index (χ0n) is 11.4. The van der Waals surface area contributed by atoms with Crippen molar-refractivity contribution in [1.82, 2.24) is 4.90 Å². The first-order valence-corrected chi connectivity index (χ1v) is 6.43. The van der Waals surface area contributed by atoms with Gasteiger partial charge in [0.15, 0.2) is 0 Å². The van der Waals surface area contributed by atoms with E-state index in [0.29, 0.717) is 25.3 Å². The van der Waals surface area contributed by atoms with Gasteiger partial charge in [-0.3, -0.25) is 4.79 Å². The third-order valence-corrected chi connectivity index (χ3v) is 2.78. The number of amides is 1. The largest absolute Gasteiger partial charge is 0.492 e. The van der Waals surface area contributed by atoms with Gasteiger partial charge in [-0.1, -0.05) is 19.4 Å². The molecule has 0 saturated carbocycles. The van der Waals surface area contributed by atoms with Crippen molar-refractivity contribution in [2.75, 3.05) is 20.2 Å². The summed E-state index contributed by atoms with van der Waals surface area (Å²) in [6.45, 7) is 2.72. The minimum Gasteiger partial charge on any atom is -0.492 e. The number of rotatable bonds is 7. The number of hydrogen-bond donors (Lipinski definition) is 1. The van der Waals surface area contributed by atoms with Gasteiger partial charge in [0, 0.05) is 13.1 Å². The number of carbonyl (C=O) groups is 1. The molecule has 0 heterocycles. The van der Waals surface area contributed by atoms with Crippen LogP contribution in [0.1, 0.15) is 19.8 Å². The molecule has 0 aliphatic heterocycles. The van der Waals surface area contributed by atoms with E-state index in [1.165, 1.54) is 12.1 Å². The summed E-state index contributed by atoms with van der Waals surface area (Å²) < 4.78 is 18.3. The molecule has 19 heavy (non-hydrogen) atoms. The van der Waals surface area contributed by atoms with Crippen LogP contribution in [0.5, 0.6) is 5.75 Å². The number of halogens is 1. The highest BCUT2D eigenvalue weighted by atomic mass is 19.1. The van der Waals surface area contributed by atoms with E-state index >= 15 is 0 Å². The zero-order chi connectivity index (χ0) is 14.3. The molecule has 1 aromatic rings. The van der Waals surface area contributed by atoms with E-state index in [1.54, 1.807) is 24.1 Å². The Morgan fingerprint density at radius 3 is 2.89 bits per heavy atom. The summed E-state index contributed by atoms with van der Waals surface area (Å²) in [5, 5.41) is 0. The summed E-state index contributed by atoms with van der Waals surface area (Å²) in [5.41, 5.74) is 5.75. The highest BCUT2D eigenvalue weighted by Crippen LogP contribution is 2.11. The molecule has 5 heteroatoms. The second-order valence-corrected chi connectivity index (χ2v) is 4.46. The molecule has 4 nitrogen and oxygen atoms in total. The first-order valence-electron chi connectivity index (χ1n) is 6.43. The molecule has 0 spiro atoms. The van der Waals surface area contributed by atoms with Gasteiger partial charge in [-0.2, -0.15) is 0 Å².